The minimum Gasteiger partial charge on any atom is -0.497 e. The molecule has 1 saturated heterocycles. The molecule has 2 aromatic heterocycles. The lowest BCUT2D eigenvalue weighted by atomic mass is 9.81. The zero-order chi connectivity index (χ0) is 30.0. The lowest BCUT2D eigenvalue weighted by Gasteiger charge is -2.37. The zero-order valence-corrected chi connectivity index (χ0v) is 25.6. The second-order valence-electron chi connectivity index (χ2n) is 13.2. The molecule has 3 fully saturated rings. The molecule has 2 unspecified atom stereocenters. The number of amides is 1. The molecule has 0 radical (unpaired) electrons. The molecule has 8 heteroatoms. The Morgan fingerprint density at radius 3 is 2.51 bits per heavy atom. The monoisotopic (exact) mass is 607 g/mol. The van der Waals surface area contributed by atoms with E-state index < -0.39 is 5.41 Å². The van der Waals surface area contributed by atoms with Crippen molar-refractivity contribution in [1.29, 1.82) is 0 Å². The van der Waals surface area contributed by atoms with Crippen molar-refractivity contribution in [3.8, 4) is 17.0 Å². The van der Waals surface area contributed by atoms with Crippen molar-refractivity contribution in [3.05, 3.63) is 71.7 Å². The predicted molar refractivity (Wildman–Crippen MR) is 179 cm³/mol. The van der Waals surface area contributed by atoms with E-state index in [1.54, 1.807) is 32.6 Å². The lowest BCUT2D eigenvalue weighted by molar-refractivity contribution is -0.138. The normalized spacial score (nSPS) is 22.5. The van der Waals surface area contributed by atoms with Crippen LogP contribution in [0.5, 0.6) is 5.75 Å². The molecular formula is C37H45N5O3. The Balaban J connectivity index is 0.00000186. The minimum absolute atomic E-state index is 0. The van der Waals surface area contributed by atoms with Crippen molar-refractivity contribution in [2.24, 2.45) is 5.41 Å². The second kappa shape index (κ2) is 11.3. The molecule has 0 spiro atoms. The number of hydrogen-bond donors (Lipinski definition) is 0. The smallest absolute Gasteiger partial charge is 0.231 e. The average molecular weight is 608 g/mol. The van der Waals surface area contributed by atoms with E-state index in [0.717, 1.165) is 42.2 Å². The summed E-state index contributed by atoms with van der Waals surface area (Å²) in [6, 6.07) is 12.7. The van der Waals surface area contributed by atoms with Crippen LogP contribution in [0.15, 0.2) is 55.0 Å². The SMILES string of the molecule is C.COc1ccc2c(c1)C1CC1(C(=O)N1CCN(c3cnccn3)CC1)Cn1c-2c(C2CCCCC2)c2ccc(C(C)=O)cc21.[HH]. The third kappa shape index (κ3) is 4.72. The van der Waals surface area contributed by atoms with Gasteiger partial charge >= 0.3 is 0 Å². The summed E-state index contributed by atoms with van der Waals surface area (Å²) in [5.41, 5.74) is 6.38. The fourth-order valence-corrected chi connectivity index (χ4v) is 8.41. The van der Waals surface area contributed by atoms with E-state index >= 15 is 0 Å². The van der Waals surface area contributed by atoms with E-state index in [2.05, 4.69) is 54.7 Å². The standard InChI is InChI=1S/C36H39N5O3.CH4.H2/c1-23(42)25-8-10-28-31(18-25)41-22-36(35(43)40-16-14-39(15-17-40)32-21-37-12-13-38-32)20-30(36)29-19-26(44-2)9-11-27(29)34(41)33(28)24-6-4-3-5-7-24;;/h8-13,18-19,21,24,30H,3-7,14-17,20,22H2,1-2H3;1H4;1H. The lowest BCUT2D eigenvalue weighted by Crippen LogP contribution is -2.51. The van der Waals surface area contributed by atoms with Crippen LogP contribution in [0.25, 0.3) is 22.2 Å². The summed E-state index contributed by atoms with van der Waals surface area (Å²) in [4.78, 5) is 40.3. The summed E-state index contributed by atoms with van der Waals surface area (Å²) in [5.74, 6) is 2.59. The molecular weight excluding hydrogens is 562 g/mol. The summed E-state index contributed by atoms with van der Waals surface area (Å²) >= 11 is 0. The summed E-state index contributed by atoms with van der Waals surface area (Å²) in [5, 5.41) is 1.23. The van der Waals surface area contributed by atoms with Gasteiger partial charge in [0.1, 0.15) is 11.6 Å². The Hall–Kier alpha value is -4.20. The molecule has 0 bridgehead atoms. The van der Waals surface area contributed by atoms with Crippen LogP contribution in [-0.4, -0.2) is 64.4 Å². The maximum Gasteiger partial charge on any atom is 0.231 e. The Bertz CT molecular complexity index is 1770. The van der Waals surface area contributed by atoms with Gasteiger partial charge in [-0.05, 0) is 67.5 Å². The van der Waals surface area contributed by atoms with Crippen LogP contribution in [0.4, 0.5) is 5.82 Å². The molecule has 8 nitrogen and oxygen atoms in total. The first-order valence-corrected chi connectivity index (χ1v) is 16.1. The van der Waals surface area contributed by atoms with Gasteiger partial charge in [-0.1, -0.05) is 38.8 Å². The maximum atomic E-state index is 14.7. The van der Waals surface area contributed by atoms with Crippen molar-refractivity contribution < 1.29 is 15.8 Å². The molecule has 1 amide bonds. The number of methoxy groups -OCH3 is 1. The third-order valence-electron chi connectivity index (χ3n) is 10.8. The highest BCUT2D eigenvalue weighted by atomic mass is 16.5. The number of rotatable bonds is 5. The first kappa shape index (κ1) is 29.5. The molecule has 2 aromatic carbocycles. The van der Waals surface area contributed by atoms with Crippen molar-refractivity contribution in [2.75, 3.05) is 38.2 Å². The molecule has 45 heavy (non-hydrogen) atoms. The molecule has 0 N–H and O–H groups in total. The number of Topliss-reactive ketones (excluding diaryl/α,β-unsaturated/α-hetero) is 1. The number of benzene rings is 2. The van der Waals surface area contributed by atoms with Crippen LogP contribution < -0.4 is 9.64 Å². The summed E-state index contributed by atoms with van der Waals surface area (Å²) in [7, 11) is 1.72. The van der Waals surface area contributed by atoms with Gasteiger partial charge in [0, 0.05) is 74.5 Å². The molecule has 4 aromatic rings. The molecule has 8 rings (SSSR count). The van der Waals surface area contributed by atoms with Crippen LogP contribution in [0.3, 0.4) is 0 Å². The van der Waals surface area contributed by atoms with Crippen molar-refractivity contribution >= 4 is 28.4 Å². The number of ketones is 1. The van der Waals surface area contributed by atoms with E-state index in [9.17, 15) is 9.59 Å². The number of anilines is 1. The van der Waals surface area contributed by atoms with Gasteiger partial charge in [-0.15, -0.1) is 0 Å². The number of carbonyl (C=O) groups excluding carboxylic acids is 2. The van der Waals surface area contributed by atoms with Crippen LogP contribution in [0.2, 0.25) is 0 Å². The Morgan fingerprint density at radius 1 is 1.00 bits per heavy atom. The number of carbonyl (C=O) groups is 2. The minimum atomic E-state index is -0.525. The van der Waals surface area contributed by atoms with E-state index in [-0.39, 0.29) is 26.5 Å². The predicted octanol–water partition coefficient (Wildman–Crippen LogP) is 7.08. The Labute approximate surface area is 266 Å². The van der Waals surface area contributed by atoms with Gasteiger partial charge < -0.3 is 19.1 Å². The number of aromatic nitrogens is 3. The fourth-order valence-electron chi connectivity index (χ4n) is 8.41. The van der Waals surface area contributed by atoms with Crippen molar-refractivity contribution in [2.45, 2.75) is 71.3 Å². The number of piperazine rings is 1. The first-order valence-electron chi connectivity index (χ1n) is 16.1. The first-order chi connectivity index (χ1) is 21.5. The molecule has 2 aliphatic carbocycles. The third-order valence-corrected chi connectivity index (χ3v) is 10.8. The quantitative estimate of drug-likeness (QED) is 0.226. The summed E-state index contributed by atoms with van der Waals surface area (Å²) in [6.45, 7) is 5.06. The summed E-state index contributed by atoms with van der Waals surface area (Å²) < 4.78 is 8.16. The molecule has 2 aliphatic heterocycles. The van der Waals surface area contributed by atoms with Gasteiger partial charge in [0.05, 0.1) is 24.4 Å². The van der Waals surface area contributed by atoms with Gasteiger partial charge in [0.2, 0.25) is 5.91 Å². The molecule has 236 valence electrons. The fraction of sp³-hybridized carbons (Fsp3) is 0.459. The van der Waals surface area contributed by atoms with Crippen LogP contribution in [0, 0.1) is 5.41 Å². The van der Waals surface area contributed by atoms with Gasteiger partial charge in [-0.2, -0.15) is 0 Å². The highest BCUT2D eigenvalue weighted by molar-refractivity contribution is 6.01. The number of nitrogens with zero attached hydrogens (tertiary/aromatic N) is 5. The van der Waals surface area contributed by atoms with E-state index in [1.165, 1.54) is 59.9 Å². The highest BCUT2D eigenvalue weighted by Crippen LogP contribution is 2.66. The van der Waals surface area contributed by atoms with E-state index in [4.69, 9.17) is 4.74 Å². The maximum absolute atomic E-state index is 14.7. The Kier molecular flexibility index (Phi) is 7.41. The van der Waals surface area contributed by atoms with Gasteiger partial charge in [0.15, 0.2) is 5.78 Å². The van der Waals surface area contributed by atoms with Gasteiger partial charge in [-0.3, -0.25) is 14.6 Å². The largest absolute Gasteiger partial charge is 0.497 e. The molecule has 2 saturated carbocycles. The molecule has 2 atom stereocenters. The summed E-state index contributed by atoms with van der Waals surface area (Å²) in [6.07, 6.45) is 12.1. The van der Waals surface area contributed by atoms with Crippen LogP contribution in [-0.2, 0) is 11.3 Å². The highest BCUT2D eigenvalue weighted by Gasteiger charge is 2.64. The van der Waals surface area contributed by atoms with Crippen molar-refractivity contribution in [3.63, 3.8) is 0 Å². The van der Waals surface area contributed by atoms with Crippen LogP contribution in [0.1, 0.15) is 87.6 Å². The topological polar surface area (TPSA) is 80.6 Å². The molecule has 4 aliphatic rings. The van der Waals surface area contributed by atoms with Gasteiger partial charge in [0.25, 0.3) is 0 Å². The van der Waals surface area contributed by atoms with E-state index in [0.29, 0.717) is 25.6 Å². The number of ether oxygens (including phenoxy) is 1. The number of hydrogen-bond acceptors (Lipinski definition) is 6. The van der Waals surface area contributed by atoms with E-state index in [1.807, 2.05) is 6.07 Å². The van der Waals surface area contributed by atoms with Gasteiger partial charge in [-0.25, -0.2) is 4.98 Å². The average Bonchev–Trinajstić information content (AvgIpc) is 3.74. The Morgan fingerprint density at radius 2 is 1.80 bits per heavy atom. The zero-order valence-electron chi connectivity index (χ0n) is 25.6. The van der Waals surface area contributed by atoms with Crippen LogP contribution >= 0.6 is 0 Å². The molecule has 4 heterocycles. The van der Waals surface area contributed by atoms with Crippen molar-refractivity contribution in [1.82, 2.24) is 19.4 Å². The number of fused-ring (bicyclic) bond motifs is 7. The second-order valence-corrected chi connectivity index (χ2v) is 13.2.